The van der Waals surface area contributed by atoms with Crippen molar-refractivity contribution < 1.29 is 9.53 Å². The van der Waals surface area contributed by atoms with Crippen molar-refractivity contribution in [3.8, 4) is 0 Å². The first-order valence-corrected chi connectivity index (χ1v) is 8.02. The van der Waals surface area contributed by atoms with E-state index in [1.807, 2.05) is 4.90 Å². The van der Waals surface area contributed by atoms with Crippen LogP contribution in [-0.2, 0) is 4.74 Å². The Morgan fingerprint density at radius 1 is 1.50 bits per heavy atom. The van der Waals surface area contributed by atoms with Gasteiger partial charge in [0.2, 0.25) is 0 Å². The van der Waals surface area contributed by atoms with Crippen LogP contribution < -0.4 is 0 Å². The highest BCUT2D eigenvalue weighted by molar-refractivity contribution is 9.10. The van der Waals surface area contributed by atoms with Gasteiger partial charge in [0.15, 0.2) is 0 Å². The van der Waals surface area contributed by atoms with Gasteiger partial charge in [-0.15, -0.1) is 0 Å². The zero-order valence-corrected chi connectivity index (χ0v) is 13.4. The monoisotopic (exact) mass is 358 g/mol. The van der Waals surface area contributed by atoms with Gasteiger partial charge in [-0.25, -0.2) is 4.98 Å². The molecule has 2 heterocycles. The van der Waals surface area contributed by atoms with E-state index in [1.54, 1.807) is 12.3 Å². The summed E-state index contributed by atoms with van der Waals surface area (Å²) in [7, 11) is 0. The number of rotatable bonds is 4. The first kappa shape index (κ1) is 14.3. The highest BCUT2D eigenvalue weighted by Crippen LogP contribution is 2.31. The van der Waals surface area contributed by atoms with Crippen LogP contribution in [0, 0.1) is 5.92 Å². The predicted molar refractivity (Wildman–Crippen MR) is 79.9 cm³/mol. The fourth-order valence-corrected chi connectivity index (χ4v) is 3.03. The molecule has 0 spiro atoms. The Morgan fingerprint density at radius 3 is 2.95 bits per heavy atom. The van der Waals surface area contributed by atoms with Crippen LogP contribution in [0.15, 0.2) is 16.7 Å². The minimum atomic E-state index is -0.0156. The summed E-state index contributed by atoms with van der Waals surface area (Å²) >= 11 is 9.42. The summed E-state index contributed by atoms with van der Waals surface area (Å²) in [6.07, 6.45) is 4.79. The first-order valence-electron chi connectivity index (χ1n) is 6.85. The summed E-state index contributed by atoms with van der Waals surface area (Å²) in [4.78, 5) is 18.7. The van der Waals surface area contributed by atoms with Crippen LogP contribution >= 0.6 is 27.5 Å². The summed E-state index contributed by atoms with van der Waals surface area (Å²) in [6, 6.07) is 2.11. The van der Waals surface area contributed by atoms with Crippen molar-refractivity contribution in [3.63, 3.8) is 0 Å². The number of nitrogens with zero attached hydrogens (tertiary/aromatic N) is 2. The van der Waals surface area contributed by atoms with Gasteiger partial charge in [0, 0.05) is 35.8 Å². The third kappa shape index (κ3) is 3.15. The number of halogens is 2. The number of aromatic nitrogens is 1. The van der Waals surface area contributed by atoms with E-state index in [1.165, 1.54) is 0 Å². The molecule has 0 N–H and O–H groups in total. The summed E-state index contributed by atoms with van der Waals surface area (Å²) in [5.74, 6) is 0.427. The normalized spacial score (nSPS) is 22.0. The van der Waals surface area contributed by atoms with Crippen molar-refractivity contribution >= 4 is 33.4 Å². The lowest BCUT2D eigenvalue weighted by Crippen LogP contribution is -2.37. The van der Waals surface area contributed by atoms with E-state index in [2.05, 4.69) is 20.9 Å². The summed E-state index contributed by atoms with van der Waals surface area (Å²) in [5, 5.41) is 0.270. The maximum absolute atomic E-state index is 12.7. The van der Waals surface area contributed by atoms with E-state index < -0.39 is 0 Å². The predicted octanol–water partition coefficient (Wildman–Crippen LogP) is 3.14. The smallest absolute Gasteiger partial charge is 0.257 e. The van der Waals surface area contributed by atoms with Crippen LogP contribution in [0.1, 0.15) is 29.6 Å². The average Bonchev–Trinajstić information content (AvgIpc) is 3.15. The molecule has 1 atom stereocenters. The van der Waals surface area contributed by atoms with E-state index >= 15 is 0 Å². The van der Waals surface area contributed by atoms with E-state index in [0.717, 1.165) is 43.5 Å². The molecule has 3 rings (SSSR count). The number of hydrogen-bond acceptors (Lipinski definition) is 3. The Labute approximate surface area is 131 Å². The number of hydrogen-bond donors (Lipinski definition) is 0. The highest BCUT2D eigenvalue weighted by atomic mass is 79.9. The molecular weight excluding hydrogens is 344 g/mol. The zero-order chi connectivity index (χ0) is 14.1. The number of pyridine rings is 1. The third-order valence-corrected chi connectivity index (χ3v) is 4.50. The molecule has 1 saturated heterocycles. The lowest BCUT2D eigenvalue weighted by atomic mass is 10.1. The van der Waals surface area contributed by atoms with Crippen LogP contribution in [0.25, 0.3) is 0 Å². The Kier molecular flexibility index (Phi) is 4.29. The molecule has 0 radical (unpaired) electrons. The number of amides is 1. The summed E-state index contributed by atoms with van der Waals surface area (Å²) < 4.78 is 6.17. The standard InChI is InChI=1S/C14H16BrClN2O2/c15-10-5-12(13(16)17-6-10)14(19)18(11-1-2-11)7-9-3-4-20-8-9/h5-6,9,11H,1-4,7-8H2. The topological polar surface area (TPSA) is 42.4 Å². The van der Waals surface area contributed by atoms with Gasteiger partial charge in [0.25, 0.3) is 5.91 Å². The maximum atomic E-state index is 12.7. The van der Waals surface area contributed by atoms with Crippen LogP contribution in [0.5, 0.6) is 0 Å². The van der Waals surface area contributed by atoms with Crippen LogP contribution in [0.4, 0.5) is 0 Å². The molecule has 1 aliphatic heterocycles. The molecule has 1 unspecified atom stereocenters. The molecule has 1 aromatic heterocycles. The molecule has 6 heteroatoms. The molecule has 1 aliphatic carbocycles. The quantitative estimate of drug-likeness (QED) is 0.776. The van der Waals surface area contributed by atoms with Gasteiger partial charge in [-0.3, -0.25) is 4.79 Å². The molecule has 0 aromatic carbocycles. The van der Waals surface area contributed by atoms with Gasteiger partial charge in [-0.05, 0) is 41.3 Å². The first-order chi connectivity index (χ1) is 9.65. The molecule has 1 saturated carbocycles. The molecule has 108 valence electrons. The highest BCUT2D eigenvalue weighted by Gasteiger charge is 2.36. The second-order valence-corrected chi connectivity index (χ2v) is 6.68. The van der Waals surface area contributed by atoms with Crippen molar-refractivity contribution in [1.82, 2.24) is 9.88 Å². The molecule has 1 aromatic rings. The number of ether oxygens (including phenoxy) is 1. The summed E-state index contributed by atoms with van der Waals surface area (Å²) in [6.45, 7) is 2.31. The SMILES string of the molecule is O=C(c1cc(Br)cnc1Cl)N(CC1CCOC1)C1CC1. The minimum absolute atomic E-state index is 0.0156. The maximum Gasteiger partial charge on any atom is 0.257 e. The third-order valence-electron chi connectivity index (χ3n) is 3.76. The van der Waals surface area contributed by atoms with E-state index in [-0.39, 0.29) is 11.1 Å². The lowest BCUT2D eigenvalue weighted by Gasteiger charge is -2.25. The van der Waals surface area contributed by atoms with Gasteiger partial charge in [0.1, 0.15) is 5.15 Å². The van der Waals surface area contributed by atoms with E-state index in [4.69, 9.17) is 16.3 Å². The molecular formula is C14H16BrClN2O2. The Hall–Kier alpha value is -0.650. The van der Waals surface area contributed by atoms with Crippen molar-refractivity contribution in [3.05, 3.63) is 27.5 Å². The zero-order valence-electron chi connectivity index (χ0n) is 11.0. The molecule has 0 bridgehead atoms. The van der Waals surface area contributed by atoms with E-state index in [0.29, 0.717) is 17.5 Å². The number of carbonyl (C=O) groups is 1. The largest absolute Gasteiger partial charge is 0.381 e. The minimum Gasteiger partial charge on any atom is -0.381 e. The number of carbonyl (C=O) groups excluding carboxylic acids is 1. The van der Waals surface area contributed by atoms with Crippen molar-refractivity contribution in [2.24, 2.45) is 5.92 Å². The van der Waals surface area contributed by atoms with Crippen molar-refractivity contribution in [2.75, 3.05) is 19.8 Å². The average molecular weight is 360 g/mol. The molecule has 1 amide bonds. The second-order valence-electron chi connectivity index (χ2n) is 5.41. The van der Waals surface area contributed by atoms with Gasteiger partial charge in [0.05, 0.1) is 12.2 Å². The molecule has 2 aliphatic rings. The van der Waals surface area contributed by atoms with Crippen LogP contribution in [0.2, 0.25) is 5.15 Å². The molecule has 20 heavy (non-hydrogen) atoms. The van der Waals surface area contributed by atoms with Crippen molar-refractivity contribution in [1.29, 1.82) is 0 Å². The second kappa shape index (κ2) is 6.00. The van der Waals surface area contributed by atoms with Crippen molar-refractivity contribution in [2.45, 2.75) is 25.3 Å². The van der Waals surface area contributed by atoms with Crippen LogP contribution in [0.3, 0.4) is 0 Å². The Morgan fingerprint density at radius 2 is 2.30 bits per heavy atom. The van der Waals surface area contributed by atoms with Gasteiger partial charge in [-0.2, -0.15) is 0 Å². The fraction of sp³-hybridized carbons (Fsp3) is 0.571. The summed E-state index contributed by atoms with van der Waals surface area (Å²) in [5.41, 5.74) is 0.479. The fourth-order valence-electron chi connectivity index (χ4n) is 2.52. The van der Waals surface area contributed by atoms with Gasteiger partial charge < -0.3 is 9.64 Å². The molecule has 4 nitrogen and oxygen atoms in total. The molecule has 2 fully saturated rings. The Bertz CT molecular complexity index is 516. The van der Waals surface area contributed by atoms with Gasteiger partial charge in [-0.1, -0.05) is 11.6 Å². The lowest BCUT2D eigenvalue weighted by molar-refractivity contribution is 0.0706. The Balaban J connectivity index is 1.79. The van der Waals surface area contributed by atoms with E-state index in [9.17, 15) is 4.79 Å². The van der Waals surface area contributed by atoms with Gasteiger partial charge >= 0.3 is 0 Å². The van der Waals surface area contributed by atoms with Crippen LogP contribution in [-0.4, -0.2) is 41.6 Å².